The summed E-state index contributed by atoms with van der Waals surface area (Å²) in [6.07, 6.45) is 4.68. The SMILES string of the molecule is CC(=O)/C=C(/C)O.[Pt].[c-]1cccnc1-c1nccs1. The van der Waals surface area contributed by atoms with Gasteiger partial charge in [0.15, 0.2) is 5.78 Å². The molecule has 0 bridgehead atoms. The Labute approximate surface area is 130 Å². The monoisotopic (exact) mass is 456 g/mol. The molecule has 0 aliphatic rings. The largest absolute Gasteiger partial charge is 0.512 e. The van der Waals surface area contributed by atoms with Gasteiger partial charge in [0.05, 0.1) is 5.76 Å². The predicted molar refractivity (Wildman–Crippen MR) is 71.2 cm³/mol. The molecule has 1 N–H and O–H groups in total. The standard InChI is InChI=1S/C8H5N2S.C5H8O2.Pt/c1-2-4-9-7(3-1)8-10-5-6-11-8;1-4(6)3-5(2)7;/h1-2,4-6H;3,6H,1-2H3;/q-1;;/b;4-3-;. The topological polar surface area (TPSA) is 63.1 Å². The van der Waals surface area contributed by atoms with Crippen LogP contribution in [0.1, 0.15) is 13.8 Å². The van der Waals surface area contributed by atoms with Crippen molar-refractivity contribution >= 4 is 17.1 Å². The molecule has 6 heteroatoms. The van der Waals surface area contributed by atoms with Crippen LogP contribution in [0.3, 0.4) is 0 Å². The number of rotatable bonds is 2. The van der Waals surface area contributed by atoms with Crippen LogP contribution in [0.4, 0.5) is 0 Å². The third-order valence-corrected chi connectivity index (χ3v) is 2.43. The fourth-order valence-corrected chi connectivity index (χ4v) is 1.67. The van der Waals surface area contributed by atoms with Crippen LogP contribution in [0.25, 0.3) is 10.7 Å². The molecule has 0 saturated heterocycles. The Hall–Kier alpha value is -1.32. The van der Waals surface area contributed by atoms with Crippen molar-refractivity contribution in [3.63, 3.8) is 0 Å². The number of nitrogens with zero attached hydrogens (tertiary/aromatic N) is 2. The molecule has 0 saturated carbocycles. The minimum atomic E-state index is -0.125. The van der Waals surface area contributed by atoms with Crippen LogP contribution in [-0.2, 0) is 25.9 Å². The first-order valence-electron chi connectivity index (χ1n) is 5.20. The molecular weight excluding hydrogens is 443 g/mol. The van der Waals surface area contributed by atoms with Gasteiger partial charge in [-0.3, -0.25) is 9.78 Å². The van der Waals surface area contributed by atoms with Gasteiger partial charge in [0.2, 0.25) is 0 Å². The molecule has 0 fully saturated rings. The number of pyridine rings is 1. The molecule has 4 nitrogen and oxygen atoms in total. The van der Waals surface area contributed by atoms with Gasteiger partial charge in [0.1, 0.15) is 0 Å². The Morgan fingerprint density at radius 3 is 2.47 bits per heavy atom. The van der Waals surface area contributed by atoms with Gasteiger partial charge in [0, 0.05) is 38.3 Å². The fraction of sp³-hybridized carbons (Fsp3) is 0.154. The number of hydrogen-bond acceptors (Lipinski definition) is 5. The zero-order chi connectivity index (χ0) is 13.4. The average molecular weight is 456 g/mol. The van der Waals surface area contributed by atoms with Crippen LogP contribution < -0.4 is 0 Å². The van der Waals surface area contributed by atoms with Gasteiger partial charge in [-0.25, -0.2) is 0 Å². The summed E-state index contributed by atoms with van der Waals surface area (Å²) in [6, 6.07) is 6.69. The zero-order valence-corrected chi connectivity index (χ0v) is 13.5. The molecule has 2 rings (SSSR count). The van der Waals surface area contributed by atoms with Crippen molar-refractivity contribution in [2.45, 2.75) is 13.8 Å². The molecule has 0 unspecified atom stereocenters. The number of carbonyl (C=O) groups excluding carboxylic acids is 1. The average Bonchev–Trinajstić information content (AvgIpc) is 2.82. The van der Waals surface area contributed by atoms with E-state index in [0.717, 1.165) is 10.7 Å². The van der Waals surface area contributed by atoms with E-state index < -0.39 is 0 Å². The number of aliphatic hydroxyl groups excluding tert-OH is 1. The van der Waals surface area contributed by atoms with E-state index in [0.29, 0.717) is 0 Å². The van der Waals surface area contributed by atoms with Gasteiger partial charge >= 0.3 is 0 Å². The van der Waals surface area contributed by atoms with Gasteiger partial charge in [-0.1, -0.05) is 0 Å². The second-order valence-corrected chi connectivity index (χ2v) is 4.26. The van der Waals surface area contributed by atoms with E-state index in [1.165, 1.54) is 19.9 Å². The minimum absolute atomic E-state index is 0. The first-order valence-corrected chi connectivity index (χ1v) is 6.08. The zero-order valence-electron chi connectivity index (χ0n) is 10.4. The normalized spacial score (nSPS) is 9.89. The molecule has 0 aliphatic carbocycles. The first-order chi connectivity index (χ1) is 8.59. The molecule has 19 heavy (non-hydrogen) atoms. The molecule has 0 radical (unpaired) electrons. The molecule has 2 aromatic rings. The van der Waals surface area contributed by atoms with Crippen molar-refractivity contribution in [1.82, 2.24) is 9.97 Å². The quantitative estimate of drug-likeness (QED) is 0.429. The van der Waals surface area contributed by atoms with E-state index >= 15 is 0 Å². The molecule has 0 aliphatic heterocycles. The van der Waals surface area contributed by atoms with Crippen LogP contribution in [0.2, 0.25) is 0 Å². The van der Waals surface area contributed by atoms with Crippen molar-refractivity contribution in [3.8, 4) is 10.7 Å². The Bertz CT molecular complexity index is 509. The Morgan fingerprint density at radius 2 is 2.11 bits per heavy atom. The first kappa shape index (κ1) is 17.7. The molecule has 0 atom stereocenters. The van der Waals surface area contributed by atoms with E-state index in [-0.39, 0.29) is 32.6 Å². The van der Waals surface area contributed by atoms with Crippen LogP contribution in [0.5, 0.6) is 0 Å². The summed E-state index contributed by atoms with van der Waals surface area (Å²) in [5.41, 5.74) is 0.822. The van der Waals surface area contributed by atoms with E-state index in [9.17, 15) is 4.79 Å². The van der Waals surface area contributed by atoms with Crippen molar-refractivity contribution in [3.05, 3.63) is 47.8 Å². The van der Waals surface area contributed by atoms with E-state index in [2.05, 4.69) is 16.0 Å². The van der Waals surface area contributed by atoms with Crippen molar-refractivity contribution in [2.24, 2.45) is 0 Å². The summed E-state index contributed by atoms with van der Waals surface area (Å²) in [5, 5.41) is 11.2. The number of allylic oxidation sites excluding steroid dienone is 2. The minimum Gasteiger partial charge on any atom is -0.512 e. The van der Waals surface area contributed by atoms with E-state index in [4.69, 9.17) is 5.11 Å². The van der Waals surface area contributed by atoms with Gasteiger partial charge in [-0.05, 0) is 31.1 Å². The van der Waals surface area contributed by atoms with Gasteiger partial charge in [0.25, 0.3) is 0 Å². The van der Waals surface area contributed by atoms with E-state index in [1.54, 1.807) is 23.7 Å². The maximum absolute atomic E-state index is 10.0. The Kier molecular flexibility index (Phi) is 8.92. The van der Waals surface area contributed by atoms with Gasteiger partial charge in [-0.2, -0.15) is 23.5 Å². The number of hydrogen-bond donors (Lipinski definition) is 1. The molecule has 0 amide bonds. The van der Waals surface area contributed by atoms with Crippen LogP contribution >= 0.6 is 11.3 Å². The summed E-state index contributed by atoms with van der Waals surface area (Å²) < 4.78 is 0. The number of thiazole rings is 1. The number of aromatic nitrogens is 2. The maximum Gasteiger partial charge on any atom is 0.155 e. The van der Waals surface area contributed by atoms with Crippen molar-refractivity contribution in [2.75, 3.05) is 0 Å². The Balaban J connectivity index is 0.000000360. The summed E-state index contributed by atoms with van der Waals surface area (Å²) >= 11 is 1.57. The molecule has 104 valence electrons. The van der Waals surface area contributed by atoms with Gasteiger partial charge in [-0.15, -0.1) is 6.07 Å². The molecule has 0 aromatic carbocycles. The number of ketones is 1. The second-order valence-electron chi connectivity index (χ2n) is 3.36. The molecule has 2 aromatic heterocycles. The smallest absolute Gasteiger partial charge is 0.155 e. The van der Waals surface area contributed by atoms with Crippen molar-refractivity contribution in [1.29, 1.82) is 0 Å². The molecular formula is C13H13N2O2PtS-. The fourth-order valence-electron chi connectivity index (χ4n) is 1.08. The predicted octanol–water partition coefficient (Wildman–Crippen LogP) is 3.04. The maximum atomic E-state index is 10.0. The van der Waals surface area contributed by atoms with Crippen LogP contribution in [0.15, 0.2) is 41.7 Å². The van der Waals surface area contributed by atoms with Crippen molar-refractivity contribution < 1.29 is 31.0 Å². The number of carbonyl (C=O) groups is 1. The Morgan fingerprint density at radius 1 is 1.37 bits per heavy atom. The summed E-state index contributed by atoms with van der Waals surface area (Å²) in [7, 11) is 0. The molecule has 2 heterocycles. The van der Waals surface area contributed by atoms with Crippen LogP contribution in [-0.4, -0.2) is 20.9 Å². The van der Waals surface area contributed by atoms with Gasteiger partial charge < -0.3 is 10.1 Å². The third kappa shape index (κ3) is 7.65. The second kappa shape index (κ2) is 9.59. The summed E-state index contributed by atoms with van der Waals surface area (Å²) in [5.74, 6) is -0.0625. The summed E-state index contributed by atoms with van der Waals surface area (Å²) in [6.45, 7) is 2.85. The molecule has 0 spiro atoms. The van der Waals surface area contributed by atoms with E-state index in [1.807, 2.05) is 17.5 Å². The van der Waals surface area contributed by atoms with Crippen LogP contribution in [0, 0.1) is 6.07 Å². The number of aliphatic hydroxyl groups is 1. The summed E-state index contributed by atoms with van der Waals surface area (Å²) in [4.78, 5) is 18.2. The third-order valence-electron chi connectivity index (χ3n) is 1.65.